The van der Waals surface area contributed by atoms with Crippen molar-refractivity contribution in [3.63, 3.8) is 0 Å². The van der Waals surface area contributed by atoms with Crippen LogP contribution in [0, 0.1) is 0 Å². The highest BCUT2D eigenvalue weighted by Crippen LogP contribution is 2.31. The zero-order chi connectivity index (χ0) is 20.8. The summed E-state index contributed by atoms with van der Waals surface area (Å²) in [6.45, 7) is -0.207. The monoisotopic (exact) mass is 430 g/mol. The molecule has 0 atom stereocenters. The largest absolute Gasteiger partial charge is 0.495 e. The molecule has 2 aromatic rings. The molecule has 1 saturated heterocycles. The number of para-hydroxylation sites is 2. The van der Waals surface area contributed by atoms with Crippen molar-refractivity contribution in [2.75, 3.05) is 26.1 Å². The van der Waals surface area contributed by atoms with Crippen molar-refractivity contribution in [3.8, 4) is 17.2 Å². The van der Waals surface area contributed by atoms with Crippen molar-refractivity contribution in [2.45, 2.75) is 0 Å². The van der Waals surface area contributed by atoms with Crippen LogP contribution in [0.25, 0.3) is 6.08 Å². The van der Waals surface area contributed by atoms with Gasteiger partial charge in [-0.15, -0.1) is 0 Å². The van der Waals surface area contributed by atoms with Crippen LogP contribution in [0.15, 0.2) is 47.4 Å². The molecule has 2 aromatic carbocycles. The van der Waals surface area contributed by atoms with E-state index in [4.69, 9.17) is 26.4 Å². The smallest absolute Gasteiger partial charge is 0.263 e. The fourth-order valence-corrected chi connectivity index (χ4v) is 3.59. The third kappa shape index (κ3) is 5.27. The molecule has 0 unspecified atom stereocenters. The Morgan fingerprint density at radius 3 is 2.59 bits per heavy atom. The molecule has 2 N–H and O–H groups in total. The summed E-state index contributed by atoms with van der Waals surface area (Å²) in [5, 5.41) is 5.30. The van der Waals surface area contributed by atoms with Gasteiger partial charge in [-0.3, -0.25) is 9.59 Å². The predicted octanol–water partition coefficient (Wildman–Crippen LogP) is 3.21. The summed E-state index contributed by atoms with van der Waals surface area (Å²) >= 11 is 6.18. The fraction of sp³-hybridized carbons (Fsp3) is 0.150. The number of methoxy groups -OCH3 is 2. The molecule has 150 valence electrons. The minimum atomic E-state index is -0.338. The molecule has 0 radical (unpaired) electrons. The number of carbonyl (C=O) groups is 2. The molecule has 0 spiro atoms. The maximum absolute atomic E-state index is 12.2. The molecule has 1 aliphatic heterocycles. The second-order valence-electron chi connectivity index (χ2n) is 5.80. The Morgan fingerprint density at radius 1 is 1.14 bits per heavy atom. The Labute approximate surface area is 177 Å². The van der Waals surface area contributed by atoms with Crippen LogP contribution in [-0.2, 0) is 9.59 Å². The topological polar surface area (TPSA) is 85.9 Å². The van der Waals surface area contributed by atoms with Crippen molar-refractivity contribution in [2.24, 2.45) is 0 Å². The number of amides is 2. The molecule has 1 fully saturated rings. The second kappa shape index (κ2) is 9.44. The minimum absolute atomic E-state index is 0.207. The van der Waals surface area contributed by atoms with E-state index in [1.807, 2.05) is 6.07 Å². The Kier molecular flexibility index (Phi) is 6.73. The Hall–Kier alpha value is -3.04. The number of hydrogen-bond donors (Lipinski definition) is 2. The van der Waals surface area contributed by atoms with Gasteiger partial charge >= 0.3 is 0 Å². The van der Waals surface area contributed by atoms with Gasteiger partial charge in [-0.2, -0.15) is 0 Å². The third-order valence-corrected chi connectivity index (χ3v) is 5.03. The lowest BCUT2D eigenvalue weighted by Gasteiger charge is -2.13. The Morgan fingerprint density at radius 2 is 1.90 bits per heavy atom. The van der Waals surface area contributed by atoms with Crippen LogP contribution in [0.3, 0.4) is 0 Å². The van der Waals surface area contributed by atoms with Gasteiger partial charge < -0.3 is 24.8 Å². The van der Waals surface area contributed by atoms with Crippen molar-refractivity contribution < 1.29 is 23.8 Å². The molecular formula is C20H18N2O5S2. The van der Waals surface area contributed by atoms with Gasteiger partial charge in [-0.25, -0.2) is 0 Å². The summed E-state index contributed by atoms with van der Waals surface area (Å²) < 4.78 is 16.6. The molecule has 0 aliphatic carbocycles. The maximum atomic E-state index is 12.2. The van der Waals surface area contributed by atoms with Crippen LogP contribution in [0.1, 0.15) is 5.56 Å². The van der Waals surface area contributed by atoms with E-state index in [1.165, 1.54) is 26.0 Å². The molecule has 1 aliphatic rings. The number of carbonyl (C=O) groups excluding carboxylic acids is 2. The van der Waals surface area contributed by atoms with E-state index >= 15 is 0 Å². The first-order valence-electron chi connectivity index (χ1n) is 8.48. The van der Waals surface area contributed by atoms with Gasteiger partial charge in [0, 0.05) is 0 Å². The van der Waals surface area contributed by atoms with E-state index < -0.39 is 0 Å². The zero-order valence-corrected chi connectivity index (χ0v) is 17.3. The summed E-state index contributed by atoms with van der Waals surface area (Å²) in [4.78, 5) is 24.5. The van der Waals surface area contributed by atoms with E-state index in [2.05, 4.69) is 10.6 Å². The number of thiocarbonyl (C=S) groups is 1. The first-order valence-corrected chi connectivity index (χ1v) is 9.71. The van der Waals surface area contributed by atoms with Gasteiger partial charge in [0.2, 0.25) is 0 Å². The molecule has 2 amide bonds. The van der Waals surface area contributed by atoms with Crippen LogP contribution in [0.2, 0.25) is 0 Å². The van der Waals surface area contributed by atoms with E-state index in [-0.39, 0.29) is 18.4 Å². The summed E-state index contributed by atoms with van der Waals surface area (Å²) in [7, 11) is 3.03. The minimum Gasteiger partial charge on any atom is -0.495 e. The van der Waals surface area contributed by atoms with Gasteiger partial charge in [0.25, 0.3) is 11.8 Å². The standard InChI is InChI=1S/C20H18N2O5S2/c1-25-14-6-4-3-5-13(14)21-18(23)11-27-15-8-7-12(9-16(15)26-2)10-17-19(24)22-20(28)29-17/h3-10H,11H2,1-2H3,(H,21,23)(H,22,24,28)/b17-10-. The van der Waals surface area contributed by atoms with Crippen molar-refractivity contribution in [3.05, 3.63) is 52.9 Å². The van der Waals surface area contributed by atoms with Gasteiger partial charge in [0.05, 0.1) is 24.8 Å². The molecular weight excluding hydrogens is 412 g/mol. The van der Waals surface area contributed by atoms with Crippen molar-refractivity contribution in [1.82, 2.24) is 5.32 Å². The van der Waals surface area contributed by atoms with E-state index in [9.17, 15) is 9.59 Å². The highest BCUT2D eigenvalue weighted by Gasteiger charge is 2.22. The van der Waals surface area contributed by atoms with Crippen molar-refractivity contribution in [1.29, 1.82) is 0 Å². The number of nitrogens with one attached hydrogen (secondary N) is 2. The fourth-order valence-electron chi connectivity index (χ4n) is 2.54. The maximum Gasteiger partial charge on any atom is 0.263 e. The molecule has 7 nitrogen and oxygen atoms in total. The number of benzene rings is 2. The van der Waals surface area contributed by atoms with Crippen molar-refractivity contribution >= 4 is 51.9 Å². The third-order valence-electron chi connectivity index (χ3n) is 3.87. The number of anilines is 1. The highest BCUT2D eigenvalue weighted by molar-refractivity contribution is 8.26. The number of thioether (sulfide) groups is 1. The molecule has 0 saturated carbocycles. The Bertz CT molecular complexity index is 991. The average Bonchev–Trinajstić information content (AvgIpc) is 3.03. The van der Waals surface area contributed by atoms with Crippen LogP contribution in [0.4, 0.5) is 5.69 Å². The number of hydrogen-bond acceptors (Lipinski definition) is 7. The van der Waals surface area contributed by atoms with Gasteiger partial charge in [0.15, 0.2) is 18.1 Å². The van der Waals surface area contributed by atoms with E-state index in [0.717, 1.165) is 5.56 Å². The summed E-state index contributed by atoms with van der Waals surface area (Å²) in [5.41, 5.74) is 1.30. The molecule has 1 heterocycles. The summed E-state index contributed by atoms with van der Waals surface area (Å²) in [5.74, 6) is 0.839. The average molecular weight is 431 g/mol. The van der Waals surface area contributed by atoms with E-state index in [1.54, 1.807) is 42.5 Å². The van der Waals surface area contributed by atoms with Gasteiger partial charge in [-0.1, -0.05) is 42.2 Å². The van der Waals surface area contributed by atoms with Crippen LogP contribution >= 0.6 is 24.0 Å². The lowest BCUT2D eigenvalue weighted by molar-refractivity contribution is -0.118. The van der Waals surface area contributed by atoms with Crippen LogP contribution < -0.4 is 24.8 Å². The molecule has 9 heteroatoms. The van der Waals surface area contributed by atoms with Gasteiger partial charge in [0.1, 0.15) is 10.1 Å². The van der Waals surface area contributed by atoms with Crippen LogP contribution in [-0.4, -0.2) is 37.0 Å². The predicted molar refractivity (Wildman–Crippen MR) is 116 cm³/mol. The van der Waals surface area contributed by atoms with Gasteiger partial charge in [-0.05, 0) is 35.9 Å². The highest BCUT2D eigenvalue weighted by atomic mass is 32.2. The molecule has 3 rings (SSSR count). The molecule has 29 heavy (non-hydrogen) atoms. The van der Waals surface area contributed by atoms with Crippen LogP contribution in [0.5, 0.6) is 17.2 Å². The van der Waals surface area contributed by atoms with E-state index in [0.29, 0.717) is 32.2 Å². The SMILES string of the molecule is COc1ccccc1NC(=O)COc1ccc(/C=C2\SC(=S)NC2=O)cc1OC. The zero-order valence-electron chi connectivity index (χ0n) is 15.7. The summed E-state index contributed by atoms with van der Waals surface area (Å²) in [6, 6.07) is 12.3. The first kappa shape index (κ1) is 20.7. The lowest BCUT2D eigenvalue weighted by atomic mass is 10.2. The normalized spacial score (nSPS) is 14.5. The molecule has 0 aromatic heterocycles. The Balaban J connectivity index is 1.66. The first-order chi connectivity index (χ1) is 14.0. The lowest BCUT2D eigenvalue weighted by Crippen LogP contribution is -2.20. The number of ether oxygens (including phenoxy) is 3. The summed E-state index contributed by atoms with van der Waals surface area (Å²) in [6.07, 6.45) is 1.71. The quantitative estimate of drug-likeness (QED) is 0.515. The second-order valence-corrected chi connectivity index (χ2v) is 7.52. The number of rotatable bonds is 7. The molecule has 0 bridgehead atoms.